The first-order chi connectivity index (χ1) is 14.5. The number of amides is 2. The minimum Gasteiger partial charge on any atom is -0.454 e. The minimum atomic E-state index is -0.238. The van der Waals surface area contributed by atoms with Crippen molar-refractivity contribution in [3.63, 3.8) is 0 Å². The second kappa shape index (κ2) is 8.77. The van der Waals surface area contributed by atoms with Gasteiger partial charge < -0.3 is 24.4 Å². The number of anilines is 1. The molecule has 2 aromatic carbocycles. The molecule has 0 aliphatic carbocycles. The standard InChI is InChI=1S/C22H22ClN3O4/c1-14-3-5-17(6-4-14)24-22(27)26(7-8-28-2)12-16-9-15-10-19-20(30-13-29-19)11-18(15)25-21(16)23/h3-6,9-11H,7-8,12-13H2,1-2H3,(H,24,27). The smallest absolute Gasteiger partial charge is 0.322 e. The molecule has 1 aromatic heterocycles. The van der Waals surface area contributed by atoms with Crippen molar-refractivity contribution in [2.24, 2.45) is 0 Å². The van der Waals surface area contributed by atoms with Crippen LogP contribution >= 0.6 is 11.6 Å². The summed E-state index contributed by atoms with van der Waals surface area (Å²) in [5.74, 6) is 1.32. The van der Waals surface area contributed by atoms with Gasteiger partial charge in [-0.15, -0.1) is 0 Å². The van der Waals surface area contributed by atoms with Gasteiger partial charge in [-0.1, -0.05) is 29.3 Å². The number of urea groups is 1. The number of methoxy groups -OCH3 is 1. The molecule has 0 saturated heterocycles. The predicted octanol–water partition coefficient (Wildman–Crippen LogP) is 4.61. The van der Waals surface area contributed by atoms with Crippen LogP contribution in [0.5, 0.6) is 11.5 Å². The van der Waals surface area contributed by atoms with Crippen molar-refractivity contribution in [3.8, 4) is 11.5 Å². The van der Waals surface area contributed by atoms with Crippen LogP contribution < -0.4 is 14.8 Å². The number of fused-ring (bicyclic) bond motifs is 2. The van der Waals surface area contributed by atoms with E-state index in [2.05, 4.69) is 10.3 Å². The molecule has 0 unspecified atom stereocenters. The number of ether oxygens (including phenoxy) is 3. The van der Waals surface area contributed by atoms with Gasteiger partial charge in [-0.3, -0.25) is 0 Å². The summed E-state index contributed by atoms with van der Waals surface area (Å²) in [6.45, 7) is 3.29. The summed E-state index contributed by atoms with van der Waals surface area (Å²) < 4.78 is 16.0. The first-order valence-corrected chi connectivity index (χ1v) is 9.91. The summed E-state index contributed by atoms with van der Waals surface area (Å²) in [6, 6.07) is 13.0. The lowest BCUT2D eigenvalue weighted by Crippen LogP contribution is -2.37. The molecule has 0 bridgehead atoms. The maximum Gasteiger partial charge on any atom is 0.322 e. The molecule has 0 spiro atoms. The van der Waals surface area contributed by atoms with Gasteiger partial charge in [0.05, 0.1) is 18.7 Å². The Kier molecular flexibility index (Phi) is 5.92. The second-order valence-corrected chi connectivity index (χ2v) is 7.41. The van der Waals surface area contributed by atoms with E-state index in [4.69, 9.17) is 25.8 Å². The maximum absolute atomic E-state index is 12.9. The Balaban J connectivity index is 1.58. The normalized spacial score (nSPS) is 12.2. The van der Waals surface area contributed by atoms with Crippen molar-refractivity contribution in [2.45, 2.75) is 13.5 Å². The van der Waals surface area contributed by atoms with Gasteiger partial charge in [0.2, 0.25) is 6.79 Å². The van der Waals surface area contributed by atoms with E-state index in [0.29, 0.717) is 35.3 Å². The third-order valence-corrected chi connectivity index (χ3v) is 5.18. The van der Waals surface area contributed by atoms with Crippen LogP contribution in [0.1, 0.15) is 11.1 Å². The highest BCUT2D eigenvalue weighted by molar-refractivity contribution is 6.30. The molecule has 156 valence electrons. The molecule has 1 aliphatic heterocycles. The van der Waals surface area contributed by atoms with Gasteiger partial charge in [-0.05, 0) is 31.2 Å². The van der Waals surface area contributed by atoms with Crippen LogP contribution in [0.2, 0.25) is 5.15 Å². The topological polar surface area (TPSA) is 72.9 Å². The number of aromatic nitrogens is 1. The number of aryl methyl sites for hydroxylation is 1. The van der Waals surface area contributed by atoms with E-state index in [-0.39, 0.29) is 19.4 Å². The number of rotatable bonds is 6. The first kappa shape index (κ1) is 20.3. The lowest BCUT2D eigenvalue weighted by atomic mass is 10.1. The average molecular weight is 428 g/mol. The van der Waals surface area contributed by atoms with Gasteiger partial charge in [0, 0.05) is 36.4 Å². The van der Waals surface area contributed by atoms with Crippen LogP contribution in [0, 0.1) is 6.92 Å². The third-order valence-electron chi connectivity index (χ3n) is 4.85. The molecule has 0 radical (unpaired) electrons. The number of nitrogens with one attached hydrogen (secondary N) is 1. The summed E-state index contributed by atoms with van der Waals surface area (Å²) in [5.41, 5.74) is 3.29. The largest absolute Gasteiger partial charge is 0.454 e. The Labute approximate surface area is 179 Å². The number of hydrogen-bond acceptors (Lipinski definition) is 5. The number of hydrogen-bond donors (Lipinski definition) is 1. The zero-order valence-corrected chi connectivity index (χ0v) is 17.5. The Hall–Kier alpha value is -3.03. The fraction of sp³-hybridized carbons (Fsp3) is 0.273. The number of halogens is 1. The van der Waals surface area contributed by atoms with Gasteiger partial charge in [-0.25, -0.2) is 9.78 Å². The second-order valence-electron chi connectivity index (χ2n) is 7.05. The van der Waals surface area contributed by atoms with Gasteiger partial charge in [0.15, 0.2) is 11.5 Å². The quantitative estimate of drug-likeness (QED) is 0.582. The molecule has 2 amide bonds. The van der Waals surface area contributed by atoms with Gasteiger partial charge in [0.25, 0.3) is 0 Å². The molecule has 1 N–H and O–H groups in total. The first-order valence-electron chi connectivity index (χ1n) is 9.54. The van der Waals surface area contributed by atoms with Crippen LogP contribution in [0.3, 0.4) is 0 Å². The van der Waals surface area contributed by atoms with E-state index < -0.39 is 0 Å². The Morgan fingerprint density at radius 1 is 1.20 bits per heavy atom. The van der Waals surface area contributed by atoms with E-state index in [0.717, 1.165) is 22.2 Å². The Bertz CT molecular complexity index is 1070. The van der Waals surface area contributed by atoms with Crippen LogP contribution in [0.25, 0.3) is 10.9 Å². The van der Waals surface area contributed by atoms with E-state index in [1.807, 2.05) is 43.3 Å². The SMILES string of the molecule is COCCN(Cc1cc2cc3c(cc2nc1Cl)OCO3)C(=O)Nc1ccc(C)cc1. The number of benzene rings is 2. The maximum atomic E-state index is 12.9. The average Bonchev–Trinajstić information content (AvgIpc) is 3.18. The minimum absolute atomic E-state index is 0.191. The van der Waals surface area contributed by atoms with Crippen molar-refractivity contribution in [3.05, 3.63) is 58.7 Å². The monoisotopic (exact) mass is 427 g/mol. The lowest BCUT2D eigenvalue weighted by molar-refractivity contribution is 0.153. The third kappa shape index (κ3) is 4.42. The summed E-state index contributed by atoms with van der Waals surface area (Å²) in [7, 11) is 1.60. The highest BCUT2D eigenvalue weighted by atomic mass is 35.5. The number of carbonyl (C=O) groups excluding carboxylic acids is 1. The molecule has 0 fully saturated rings. The molecular weight excluding hydrogens is 406 g/mol. The molecule has 7 nitrogen and oxygen atoms in total. The predicted molar refractivity (Wildman–Crippen MR) is 115 cm³/mol. The van der Waals surface area contributed by atoms with Crippen molar-refractivity contribution in [1.29, 1.82) is 0 Å². The Morgan fingerprint density at radius 3 is 2.67 bits per heavy atom. The molecule has 2 heterocycles. The van der Waals surface area contributed by atoms with Gasteiger partial charge in [-0.2, -0.15) is 0 Å². The highest BCUT2D eigenvalue weighted by Crippen LogP contribution is 2.36. The highest BCUT2D eigenvalue weighted by Gasteiger charge is 2.19. The lowest BCUT2D eigenvalue weighted by Gasteiger charge is -2.23. The molecule has 1 aliphatic rings. The van der Waals surface area contributed by atoms with Crippen LogP contribution in [0.15, 0.2) is 42.5 Å². The molecule has 30 heavy (non-hydrogen) atoms. The van der Waals surface area contributed by atoms with E-state index in [9.17, 15) is 4.79 Å². The molecule has 3 aromatic rings. The number of pyridine rings is 1. The van der Waals surface area contributed by atoms with Crippen LogP contribution in [0.4, 0.5) is 10.5 Å². The van der Waals surface area contributed by atoms with Gasteiger partial charge in [0.1, 0.15) is 5.15 Å². The van der Waals surface area contributed by atoms with Gasteiger partial charge >= 0.3 is 6.03 Å². The fourth-order valence-corrected chi connectivity index (χ4v) is 3.40. The molecular formula is C22H22ClN3O4. The number of carbonyl (C=O) groups is 1. The summed E-state index contributed by atoms with van der Waals surface area (Å²) in [4.78, 5) is 19.0. The summed E-state index contributed by atoms with van der Waals surface area (Å²) >= 11 is 6.44. The Morgan fingerprint density at radius 2 is 1.93 bits per heavy atom. The van der Waals surface area contributed by atoms with E-state index in [1.54, 1.807) is 18.1 Å². The molecule has 0 atom stereocenters. The van der Waals surface area contributed by atoms with E-state index in [1.165, 1.54) is 0 Å². The number of nitrogens with zero attached hydrogens (tertiary/aromatic N) is 2. The zero-order chi connectivity index (χ0) is 21.1. The molecule has 0 saturated carbocycles. The van der Waals surface area contributed by atoms with Crippen LogP contribution in [-0.2, 0) is 11.3 Å². The van der Waals surface area contributed by atoms with Crippen molar-refractivity contribution in [1.82, 2.24) is 9.88 Å². The van der Waals surface area contributed by atoms with E-state index >= 15 is 0 Å². The zero-order valence-electron chi connectivity index (χ0n) is 16.8. The van der Waals surface area contributed by atoms with Crippen molar-refractivity contribution in [2.75, 3.05) is 32.4 Å². The molecule has 8 heteroatoms. The van der Waals surface area contributed by atoms with Crippen LogP contribution in [-0.4, -0.2) is 43.0 Å². The summed E-state index contributed by atoms with van der Waals surface area (Å²) in [6.07, 6.45) is 0. The molecule has 4 rings (SSSR count). The van der Waals surface area contributed by atoms with Crippen molar-refractivity contribution >= 4 is 34.2 Å². The fourth-order valence-electron chi connectivity index (χ4n) is 3.19. The van der Waals surface area contributed by atoms with Crippen molar-refractivity contribution < 1.29 is 19.0 Å². The summed E-state index contributed by atoms with van der Waals surface area (Å²) in [5, 5.41) is 4.13.